The standard InChI is InChI=1S/C29H36O10/c1-14-17(31)12-29(36)24(38-25(35)16-9-7-6-8-10-16)22-27(5,23(34)21(33)20(14)26(29,3)4)18(32)11-19-28(22,13-37-19)39-15(2)30/h6-10,14,17-20,22,24,31-32,36H,11-13H2,1-5H3/t14?,17?,18-,19+,20?,22?,24+,27+,28+,29+/m0/s1. The lowest BCUT2D eigenvalue weighted by atomic mass is 9.42. The van der Waals surface area contributed by atoms with E-state index in [2.05, 4.69) is 0 Å². The number of Topliss-reactive ketones (excluding diaryl/α,β-unsaturated/α-hetero) is 2. The summed E-state index contributed by atoms with van der Waals surface area (Å²) in [6.07, 6.45) is -5.48. The molecule has 3 N–H and O–H groups in total. The van der Waals surface area contributed by atoms with Crippen molar-refractivity contribution >= 4 is 23.5 Å². The summed E-state index contributed by atoms with van der Waals surface area (Å²) < 4.78 is 17.7. The minimum Gasteiger partial charge on any atom is -0.455 e. The Morgan fingerprint density at radius 2 is 1.72 bits per heavy atom. The van der Waals surface area contributed by atoms with Gasteiger partial charge in [-0.2, -0.15) is 0 Å². The number of ketones is 2. The van der Waals surface area contributed by atoms with E-state index in [1.54, 1.807) is 39.0 Å². The van der Waals surface area contributed by atoms with Gasteiger partial charge >= 0.3 is 11.9 Å². The second-order valence-corrected chi connectivity index (χ2v) is 12.5. The second-order valence-electron chi connectivity index (χ2n) is 12.5. The third-order valence-electron chi connectivity index (χ3n) is 10.2. The summed E-state index contributed by atoms with van der Waals surface area (Å²) in [5.74, 6) is -6.47. The molecule has 3 saturated carbocycles. The minimum atomic E-state index is -2.07. The Bertz CT molecular complexity index is 1210. The summed E-state index contributed by atoms with van der Waals surface area (Å²) >= 11 is 0. The molecule has 2 bridgehead atoms. The van der Waals surface area contributed by atoms with Crippen LogP contribution in [-0.2, 0) is 28.6 Å². The molecule has 10 atom stereocenters. The van der Waals surface area contributed by atoms with E-state index in [1.165, 1.54) is 26.0 Å². The second kappa shape index (κ2) is 8.92. The normalized spacial score (nSPS) is 44.6. The van der Waals surface area contributed by atoms with E-state index in [-0.39, 0.29) is 25.0 Å². The first-order chi connectivity index (χ1) is 18.1. The zero-order chi connectivity index (χ0) is 28.7. The van der Waals surface area contributed by atoms with Crippen LogP contribution in [0.4, 0.5) is 0 Å². The van der Waals surface area contributed by atoms with Gasteiger partial charge in [0.15, 0.2) is 5.60 Å². The van der Waals surface area contributed by atoms with E-state index in [0.29, 0.717) is 0 Å². The fraction of sp³-hybridized carbons (Fsp3) is 0.655. The van der Waals surface area contributed by atoms with Gasteiger partial charge in [-0.3, -0.25) is 14.4 Å². The predicted molar refractivity (Wildman–Crippen MR) is 134 cm³/mol. The van der Waals surface area contributed by atoms with Gasteiger partial charge in [0.05, 0.1) is 35.7 Å². The molecule has 5 rings (SSSR count). The number of benzene rings is 1. The number of ether oxygens (including phenoxy) is 3. The first-order valence-corrected chi connectivity index (χ1v) is 13.4. The summed E-state index contributed by atoms with van der Waals surface area (Å²) in [5, 5.41) is 35.2. The zero-order valence-electron chi connectivity index (χ0n) is 22.7. The molecule has 10 nitrogen and oxygen atoms in total. The Labute approximate surface area is 226 Å². The molecular weight excluding hydrogens is 508 g/mol. The number of hydrogen-bond acceptors (Lipinski definition) is 10. The summed E-state index contributed by atoms with van der Waals surface area (Å²) in [6.45, 7) is 7.28. The van der Waals surface area contributed by atoms with Crippen LogP contribution < -0.4 is 0 Å². The minimum absolute atomic E-state index is 0.108. The van der Waals surface area contributed by atoms with Gasteiger partial charge in [0.2, 0.25) is 11.6 Å². The zero-order valence-corrected chi connectivity index (χ0v) is 22.7. The lowest BCUT2D eigenvalue weighted by Gasteiger charge is -2.67. The van der Waals surface area contributed by atoms with E-state index >= 15 is 0 Å². The molecule has 4 aliphatic rings. The monoisotopic (exact) mass is 544 g/mol. The van der Waals surface area contributed by atoms with Crippen molar-refractivity contribution in [3.05, 3.63) is 35.9 Å². The highest BCUT2D eigenvalue weighted by Gasteiger charge is 2.78. The number of aliphatic hydroxyl groups is 3. The topological polar surface area (TPSA) is 157 Å². The number of esters is 2. The molecule has 3 aliphatic carbocycles. The summed E-state index contributed by atoms with van der Waals surface area (Å²) in [7, 11) is 0. The molecule has 1 aromatic carbocycles. The highest BCUT2D eigenvalue weighted by atomic mass is 16.6. The highest BCUT2D eigenvalue weighted by Crippen LogP contribution is 2.64. The number of carbonyl (C=O) groups excluding carboxylic acids is 4. The average molecular weight is 545 g/mol. The maximum atomic E-state index is 14.2. The van der Waals surface area contributed by atoms with Gasteiger partial charge in [0.1, 0.15) is 17.8 Å². The largest absolute Gasteiger partial charge is 0.455 e. The summed E-state index contributed by atoms with van der Waals surface area (Å²) in [4.78, 5) is 54.2. The van der Waals surface area contributed by atoms with Crippen molar-refractivity contribution in [1.82, 2.24) is 0 Å². The molecule has 0 amide bonds. The van der Waals surface area contributed by atoms with Crippen molar-refractivity contribution in [3.8, 4) is 0 Å². The SMILES string of the molecule is CC(=O)O[C@]12CO[C@@H]1C[C@H](O)[C@@]1(C)C(=O)C(=O)C3C(C)C(O)C[C@@](O)([C@H](OC(=O)c4ccccc4)C21)C3(C)C. The smallest absolute Gasteiger partial charge is 0.338 e. The molecule has 0 radical (unpaired) electrons. The third kappa shape index (κ3) is 3.61. The van der Waals surface area contributed by atoms with Crippen LogP contribution in [0.3, 0.4) is 0 Å². The molecule has 4 fully saturated rings. The molecule has 1 saturated heterocycles. The van der Waals surface area contributed by atoms with Crippen LogP contribution in [0.2, 0.25) is 0 Å². The fourth-order valence-electron chi connectivity index (χ4n) is 7.95. The van der Waals surface area contributed by atoms with Crippen molar-refractivity contribution in [2.24, 2.45) is 28.6 Å². The number of aliphatic hydroxyl groups excluding tert-OH is 2. The van der Waals surface area contributed by atoms with Crippen LogP contribution in [0.1, 0.15) is 57.8 Å². The Morgan fingerprint density at radius 3 is 2.28 bits per heavy atom. The first kappa shape index (κ1) is 27.9. The lowest BCUT2D eigenvalue weighted by Crippen LogP contribution is -2.82. The quantitative estimate of drug-likeness (QED) is 0.373. The molecule has 1 aliphatic heterocycles. The highest BCUT2D eigenvalue weighted by molar-refractivity contribution is 6.40. The summed E-state index contributed by atoms with van der Waals surface area (Å²) in [5.41, 5.74) is -6.75. The maximum absolute atomic E-state index is 14.2. The van der Waals surface area contributed by atoms with Gasteiger partial charge in [-0.15, -0.1) is 0 Å². The van der Waals surface area contributed by atoms with Crippen LogP contribution in [0, 0.1) is 28.6 Å². The number of fused-ring (bicyclic) bond motifs is 5. The van der Waals surface area contributed by atoms with Crippen molar-refractivity contribution < 1.29 is 48.7 Å². The van der Waals surface area contributed by atoms with Crippen LogP contribution in [0.15, 0.2) is 30.3 Å². The molecule has 4 unspecified atom stereocenters. The first-order valence-electron chi connectivity index (χ1n) is 13.4. The maximum Gasteiger partial charge on any atom is 0.338 e. The lowest BCUT2D eigenvalue weighted by molar-refractivity contribution is -0.349. The Balaban J connectivity index is 1.80. The number of rotatable bonds is 3. The van der Waals surface area contributed by atoms with Crippen LogP contribution in [0.5, 0.6) is 0 Å². The van der Waals surface area contributed by atoms with Gasteiger partial charge in [0, 0.05) is 31.1 Å². The van der Waals surface area contributed by atoms with Crippen LogP contribution in [-0.4, -0.2) is 81.0 Å². The van der Waals surface area contributed by atoms with Gasteiger partial charge in [0.25, 0.3) is 0 Å². The van der Waals surface area contributed by atoms with E-state index in [4.69, 9.17) is 14.2 Å². The molecule has 212 valence electrons. The van der Waals surface area contributed by atoms with Gasteiger partial charge in [-0.05, 0) is 25.0 Å². The van der Waals surface area contributed by atoms with Gasteiger partial charge < -0.3 is 29.5 Å². The Kier molecular flexibility index (Phi) is 6.38. The Morgan fingerprint density at radius 1 is 1.08 bits per heavy atom. The van der Waals surface area contributed by atoms with E-state index in [1.807, 2.05) is 0 Å². The summed E-state index contributed by atoms with van der Waals surface area (Å²) in [6, 6.07) is 8.06. The van der Waals surface area contributed by atoms with Crippen molar-refractivity contribution in [1.29, 1.82) is 0 Å². The van der Waals surface area contributed by atoms with Crippen LogP contribution in [0.25, 0.3) is 0 Å². The van der Waals surface area contributed by atoms with Crippen LogP contribution >= 0.6 is 0 Å². The van der Waals surface area contributed by atoms with E-state index in [9.17, 15) is 34.5 Å². The third-order valence-corrected chi connectivity index (χ3v) is 10.2. The number of carbonyl (C=O) groups is 4. The van der Waals surface area contributed by atoms with Gasteiger partial charge in [-0.25, -0.2) is 4.79 Å². The fourth-order valence-corrected chi connectivity index (χ4v) is 7.95. The van der Waals surface area contributed by atoms with Crippen molar-refractivity contribution in [2.75, 3.05) is 6.61 Å². The average Bonchev–Trinajstić information content (AvgIpc) is 2.87. The Hall–Kier alpha value is -2.66. The molecule has 1 aromatic rings. The molecule has 0 aromatic heterocycles. The van der Waals surface area contributed by atoms with E-state index < -0.39 is 87.7 Å². The molecular formula is C29H36O10. The molecule has 1 heterocycles. The number of hydrogen-bond donors (Lipinski definition) is 3. The molecule has 10 heteroatoms. The molecule has 39 heavy (non-hydrogen) atoms. The van der Waals surface area contributed by atoms with E-state index in [0.717, 1.165) is 0 Å². The molecule has 0 spiro atoms. The van der Waals surface area contributed by atoms with Gasteiger partial charge in [-0.1, -0.05) is 39.0 Å². The van der Waals surface area contributed by atoms with Crippen molar-refractivity contribution in [3.63, 3.8) is 0 Å². The predicted octanol–water partition coefficient (Wildman–Crippen LogP) is 1.23. The van der Waals surface area contributed by atoms with Crippen molar-refractivity contribution in [2.45, 2.75) is 83.1 Å².